The van der Waals surface area contributed by atoms with E-state index in [9.17, 15) is 4.79 Å². The molecule has 2 aromatic carbocycles. The lowest BCUT2D eigenvalue weighted by Gasteiger charge is -2.18. The largest absolute Gasteiger partial charge is 0.486 e. The Morgan fingerprint density at radius 2 is 1.94 bits per heavy atom. The maximum absolute atomic E-state index is 13.0. The first-order valence-corrected chi connectivity index (χ1v) is 10.6. The van der Waals surface area contributed by atoms with Crippen LogP contribution in [0.5, 0.6) is 11.5 Å². The highest BCUT2D eigenvalue weighted by molar-refractivity contribution is 6.31. The van der Waals surface area contributed by atoms with Crippen LogP contribution in [0.1, 0.15) is 23.2 Å². The van der Waals surface area contributed by atoms with Gasteiger partial charge in [0.25, 0.3) is 5.91 Å². The second-order valence-corrected chi connectivity index (χ2v) is 7.87. The van der Waals surface area contributed by atoms with Crippen molar-refractivity contribution in [1.82, 2.24) is 5.32 Å². The number of benzene rings is 2. The van der Waals surface area contributed by atoms with Crippen LogP contribution in [0, 0.1) is 0 Å². The van der Waals surface area contributed by atoms with E-state index in [2.05, 4.69) is 10.3 Å². The van der Waals surface area contributed by atoms with Crippen molar-refractivity contribution in [2.45, 2.75) is 18.9 Å². The highest BCUT2D eigenvalue weighted by atomic mass is 35.5. The monoisotopic (exact) mass is 440 g/mol. The van der Waals surface area contributed by atoms with Gasteiger partial charge in [-0.2, -0.15) is 0 Å². The molecule has 1 fully saturated rings. The molecule has 1 saturated heterocycles. The average Bonchev–Trinajstić information content (AvgIpc) is 3.31. The van der Waals surface area contributed by atoms with E-state index >= 15 is 0 Å². The topological polar surface area (TPSA) is 82.3 Å². The summed E-state index contributed by atoms with van der Waals surface area (Å²) in [6.07, 6.45) is 1.98. The SMILES string of the molecule is O=C(NC[C@H]1CCCO1)c1cc2cc(Cl)ccc2oc1=Nc1ccc2c(c1)OCCO2. The molecule has 0 spiro atoms. The third kappa shape index (κ3) is 4.38. The first kappa shape index (κ1) is 19.9. The van der Waals surface area contributed by atoms with Crippen LogP contribution >= 0.6 is 11.6 Å². The Hall–Kier alpha value is -3.03. The van der Waals surface area contributed by atoms with Crippen molar-refractivity contribution in [3.63, 3.8) is 0 Å². The van der Waals surface area contributed by atoms with E-state index in [-0.39, 0.29) is 17.6 Å². The second kappa shape index (κ2) is 8.61. The van der Waals surface area contributed by atoms with E-state index < -0.39 is 0 Å². The van der Waals surface area contributed by atoms with Crippen molar-refractivity contribution in [3.05, 3.63) is 58.6 Å². The van der Waals surface area contributed by atoms with Crippen LogP contribution in [-0.2, 0) is 4.74 Å². The van der Waals surface area contributed by atoms with E-state index in [4.69, 9.17) is 30.2 Å². The van der Waals surface area contributed by atoms with Crippen LogP contribution in [0.2, 0.25) is 5.02 Å². The van der Waals surface area contributed by atoms with Gasteiger partial charge in [0.1, 0.15) is 24.4 Å². The Balaban J connectivity index is 1.54. The maximum atomic E-state index is 13.0. The Morgan fingerprint density at radius 3 is 2.77 bits per heavy atom. The van der Waals surface area contributed by atoms with E-state index in [1.54, 1.807) is 42.5 Å². The second-order valence-electron chi connectivity index (χ2n) is 7.43. The van der Waals surface area contributed by atoms with Gasteiger partial charge in [0.15, 0.2) is 11.5 Å². The summed E-state index contributed by atoms with van der Waals surface area (Å²) in [4.78, 5) is 17.6. The van der Waals surface area contributed by atoms with Crippen molar-refractivity contribution < 1.29 is 23.4 Å². The summed E-state index contributed by atoms with van der Waals surface area (Å²) in [5, 5.41) is 4.21. The molecule has 1 aromatic heterocycles. The van der Waals surface area contributed by atoms with E-state index in [0.29, 0.717) is 53.1 Å². The Morgan fingerprint density at radius 1 is 1.06 bits per heavy atom. The molecule has 160 valence electrons. The molecule has 0 bridgehead atoms. The van der Waals surface area contributed by atoms with Gasteiger partial charge < -0.3 is 23.9 Å². The summed E-state index contributed by atoms with van der Waals surface area (Å²) in [6.45, 7) is 2.17. The van der Waals surface area contributed by atoms with Gasteiger partial charge in [0, 0.05) is 29.6 Å². The molecular weight excluding hydrogens is 420 g/mol. The lowest BCUT2D eigenvalue weighted by atomic mass is 10.1. The van der Waals surface area contributed by atoms with Crippen molar-refractivity contribution in [2.24, 2.45) is 4.99 Å². The minimum atomic E-state index is -0.280. The van der Waals surface area contributed by atoms with Gasteiger partial charge in [-0.1, -0.05) is 11.6 Å². The molecule has 0 aliphatic carbocycles. The van der Waals surface area contributed by atoms with Crippen molar-refractivity contribution in [1.29, 1.82) is 0 Å². The van der Waals surface area contributed by atoms with E-state index in [0.717, 1.165) is 24.8 Å². The van der Waals surface area contributed by atoms with Crippen molar-refractivity contribution in [3.8, 4) is 11.5 Å². The molecule has 8 heteroatoms. The van der Waals surface area contributed by atoms with Gasteiger partial charge in [-0.05, 0) is 49.2 Å². The number of hydrogen-bond donors (Lipinski definition) is 1. The van der Waals surface area contributed by atoms with Gasteiger partial charge in [-0.3, -0.25) is 4.79 Å². The molecule has 5 rings (SSSR count). The lowest BCUT2D eigenvalue weighted by Crippen LogP contribution is -2.34. The Bertz CT molecular complexity index is 1200. The zero-order valence-electron chi connectivity index (χ0n) is 16.7. The predicted octanol–water partition coefficient (Wildman–Crippen LogP) is 4.00. The molecule has 2 aliphatic rings. The molecule has 0 radical (unpaired) electrons. The molecule has 0 saturated carbocycles. The molecule has 1 amide bonds. The number of nitrogens with zero attached hydrogens (tertiary/aromatic N) is 1. The maximum Gasteiger partial charge on any atom is 0.256 e. The third-order valence-corrected chi connectivity index (χ3v) is 5.46. The summed E-state index contributed by atoms with van der Waals surface area (Å²) in [7, 11) is 0. The van der Waals surface area contributed by atoms with Gasteiger partial charge in [-0.15, -0.1) is 0 Å². The number of carbonyl (C=O) groups is 1. The van der Waals surface area contributed by atoms with Gasteiger partial charge in [-0.25, -0.2) is 4.99 Å². The summed E-state index contributed by atoms with van der Waals surface area (Å²) >= 11 is 6.13. The number of carbonyl (C=O) groups excluding carboxylic acids is 1. The van der Waals surface area contributed by atoms with Crippen LogP contribution in [0.25, 0.3) is 11.0 Å². The van der Waals surface area contributed by atoms with Gasteiger partial charge in [0.2, 0.25) is 5.55 Å². The standard InChI is InChI=1S/C23H21ClN2O5/c24-15-3-5-19-14(10-15)11-18(22(27)25-13-17-2-1-7-28-17)23(31-19)26-16-4-6-20-21(12-16)30-9-8-29-20/h3-6,10-12,17H,1-2,7-9,13H2,(H,25,27)/t17-/m1/s1. The number of nitrogens with one attached hydrogen (secondary N) is 1. The highest BCUT2D eigenvalue weighted by Gasteiger charge is 2.19. The smallest absolute Gasteiger partial charge is 0.256 e. The number of fused-ring (bicyclic) bond motifs is 2. The van der Waals surface area contributed by atoms with Crippen LogP contribution in [0.4, 0.5) is 5.69 Å². The fraction of sp³-hybridized carbons (Fsp3) is 0.304. The van der Waals surface area contributed by atoms with Crippen molar-refractivity contribution in [2.75, 3.05) is 26.4 Å². The summed E-state index contributed by atoms with van der Waals surface area (Å²) < 4.78 is 22.8. The summed E-state index contributed by atoms with van der Waals surface area (Å²) in [6, 6.07) is 12.4. The molecule has 2 aliphatic heterocycles. The minimum absolute atomic E-state index is 0.0361. The van der Waals surface area contributed by atoms with Gasteiger partial charge >= 0.3 is 0 Å². The van der Waals surface area contributed by atoms with E-state index in [1.165, 1.54) is 0 Å². The van der Waals surface area contributed by atoms with Crippen molar-refractivity contribution >= 4 is 34.2 Å². The summed E-state index contributed by atoms with van der Waals surface area (Å²) in [5.74, 6) is 1.01. The zero-order valence-corrected chi connectivity index (χ0v) is 17.5. The first-order chi connectivity index (χ1) is 15.2. The molecule has 3 heterocycles. The highest BCUT2D eigenvalue weighted by Crippen LogP contribution is 2.33. The van der Waals surface area contributed by atoms with Gasteiger partial charge in [0.05, 0.1) is 11.8 Å². The molecular formula is C23H21ClN2O5. The molecule has 31 heavy (non-hydrogen) atoms. The fourth-order valence-electron chi connectivity index (χ4n) is 3.67. The summed E-state index contributed by atoms with van der Waals surface area (Å²) in [5.41, 5.74) is 1.70. The number of halogens is 1. The molecule has 1 N–H and O–H groups in total. The van der Waals surface area contributed by atoms with Crippen LogP contribution in [-0.4, -0.2) is 38.4 Å². The number of ether oxygens (including phenoxy) is 3. The minimum Gasteiger partial charge on any atom is -0.486 e. The van der Waals surface area contributed by atoms with Crippen LogP contribution in [0.15, 0.2) is 51.9 Å². The molecule has 7 nitrogen and oxygen atoms in total. The predicted molar refractivity (Wildman–Crippen MR) is 115 cm³/mol. The quantitative estimate of drug-likeness (QED) is 0.663. The third-order valence-electron chi connectivity index (χ3n) is 5.22. The van der Waals surface area contributed by atoms with E-state index in [1.807, 2.05) is 0 Å². The molecule has 1 atom stereocenters. The Labute approximate surface area is 183 Å². The zero-order chi connectivity index (χ0) is 21.2. The normalized spacial score (nSPS) is 18.4. The first-order valence-electron chi connectivity index (χ1n) is 10.2. The molecule has 0 unspecified atom stereocenters. The number of hydrogen-bond acceptors (Lipinski definition) is 6. The lowest BCUT2D eigenvalue weighted by molar-refractivity contribution is 0.0854. The van der Waals surface area contributed by atoms with Crippen LogP contribution < -0.4 is 20.3 Å². The molecule has 3 aromatic rings. The number of rotatable bonds is 4. The Kier molecular flexibility index (Phi) is 5.53. The van der Waals surface area contributed by atoms with Crippen LogP contribution in [0.3, 0.4) is 0 Å². The fourth-order valence-corrected chi connectivity index (χ4v) is 3.85. The number of amides is 1. The average molecular weight is 441 g/mol.